The molecule has 0 radical (unpaired) electrons. The minimum Gasteiger partial charge on any atom is -0.354 e. The third kappa shape index (κ3) is 5.67. The Balaban J connectivity index is 0.00000264. The topological polar surface area (TPSA) is 47.9 Å². The van der Waals surface area contributed by atoms with Crippen molar-refractivity contribution in [2.45, 2.75) is 32.9 Å². The molecular formula is C17H27IN4O. The zero-order chi connectivity index (χ0) is 16.1. The molecule has 1 N–H and O–H groups in total. The van der Waals surface area contributed by atoms with Gasteiger partial charge in [0.05, 0.1) is 0 Å². The van der Waals surface area contributed by atoms with Crippen LogP contribution in [0.15, 0.2) is 29.3 Å². The molecule has 1 amide bonds. The second kappa shape index (κ2) is 9.10. The van der Waals surface area contributed by atoms with Crippen molar-refractivity contribution >= 4 is 35.8 Å². The van der Waals surface area contributed by atoms with E-state index in [1.807, 2.05) is 0 Å². The zero-order valence-corrected chi connectivity index (χ0v) is 16.7. The average Bonchev–Trinajstić information content (AvgIpc) is 2.50. The van der Waals surface area contributed by atoms with E-state index in [0.29, 0.717) is 0 Å². The Labute approximate surface area is 156 Å². The molecule has 0 bridgehead atoms. The number of nitrogens with zero attached hydrogens (tertiary/aromatic N) is 3. The predicted molar refractivity (Wildman–Crippen MR) is 105 cm³/mol. The molecular weight excluding hydrogens is 403 g/mol. The van der Waals surface area contributed by atoms with Gasteiger partial charge in [0.25, 0.3) is 0 Å². The Hall–Kier alpha value is -1.31. The summed E-state index contributed by atoms with van der Waals surface area (Å²) in [5, 5.41) is 3.38. The van der Waals surface area contributed by atoms with Gasteiger partial charge in [-0.3, -0.25) is 4.79 Å². The first kappa shape index (κ1) is 19.7. The van der Waals surface area contributed by atoms with Crippen LogP contribution in [0.3, 0.4) is 0 Å². The van der Waals surface area contributed by atoms with Crippen molar-refractivity contribution in [1.29, 1.82) is 0 Å². The molecule has 6 heteroatoms. The van der Waals surface area contributed by atoms with Crippen molar-refractivity contribution in [3.05, 3.63) is 35.4 Å². The number of aliphatic imine (C=N–C) groups is 1. The van der Waals surface area contributed by atoms with Crippen LogP contribution in [0.25, 0.3) is 0 Å². The molecule has 1 aliphatic rings. The third-order valence-corrected chi connectivity index (χ3v) is 3.71. The number of fused-ring (bicyclic) bond motifs is 1. The molecule has 5 nitrogen and oxygen atoms in total. The Bertz CT molecular complexity index is 557. The van der Waals surface area contributed by atoms with Crippen LogP contribution in [0, 0.1) is 0 Å². The van der Waals surface area contributed by atoms with E-state index in [2.05, 4.69) is 53.3 Å². The van der Waals surface area contributed by atoms with Crippen molar-refractivity contribution < 1.29 is 4.79 Å². The lowest BCUT2D eigenvalue weighted by molar-refractivity contribution is -0.127. The van der Waals surface area contributed by atoms with Gasteiger partial charge < -0.3 is 15.1 Å². The number of amides is 1. The average molecular weight is 430 g/mol. The number of benzene rings is 1. The van der Waals surface area contributed by atoms with Gasteiger partial charge in [0.1, 0.15) is 6.54 Å². The van der Waals surface area contributed by atoms with Crippen LogP contribution in [0.1, 0.15) is 25.0 Å². The minimum absolute atomic E-state index is 0. The minimum atomic E-state index is 0. The van der Waals surface area contributed by atoms with Gasteiger partial charge in [0, 0.05) is 33.2 Å². The fraction of sp³-hybridized carbons (Fsp3) is 0.529. The maximum Gasteiger partial charge on any atom is 0.243 e. The Morgan fingerprint density at radius 3 is 2.57 bits per heavy atom. The van der Waals surface area contributed by atoms with E-state index in [9.17, 15) is 4.79 Å². The lowest BCUT2D eigenvalue weighted by Gasteiger charge is -2.32. The molecule has 0 fully saturated rings. The fourth-order valence-corrected chi connectivity index (χ4v) is 2.46. The van der Waals surface area contributed by atoms with E-state index < -0.39 is 0 Å². The highest BCUT2D eigenvalue weighted by atomic mass is 127. The molecule has 0 spiro atoms. The van der Waals surface area contributed by atoms with Crippen LogP contribution in [0.4, 0.5) is 0 Å². The molecule has 0 saturated heterocycles. The van der Waals surface area contributed by atoms with Gasteiger partial charge in [-0.25, -0.2) is 4.99 Å². The Morgan fingerprint density at radius 2 is 1.96 bits per heavy atom. The first-order chi connectivity index (χ1) is 10.5. The summed E-state index contributed by atoms with van der Waals surface area (Å²) >= 11 is 0. The number of nitrogens with one attached hydrogen (secondary N) is 1. The first-order valence-electron chi connectivity index (χ1n) is 7.80. The summed E-state index contributed by atoms with van der Waals surface area (Å²) in [6, 6.07) is 8.80. The highest BCUT2D eigenvalue weighted by molar-refractivity contribution is 14.0. The predicted octanol–water partition coefficient (Wildman–Crippen LogP) is 2.10. The number of halogens is 1. The maximum absolute atomic E-state index is 11.8. The van der Waals surface area contributed by atoms with E-state index in [4.69, 9.17) is 0 Å². The largest absolute Gasteiger partial charge is 0.354 e. The molecule has 0 atom stereocenters. The third-order valence-electron chi connectivity index (χ3n) is 3.71. The summed E-state index contributed by atoms with van der Waals surface area (Å²) in [5.41, 5.74) is 2.75. The number of hydrogen-bond acceptors (Lipinski definition) is 2. The zero-order valence-electron chi connectivity index (χ0n) is 14.4. The van der Waals surface area contributed by atoms with Crippen LogP contribution in [0.2, 0.25) is 0 Å². The standard InChI is InChI=1S/C17H26N4O.HI/c1-13(2)19-17(18-11-16(22)20(3)4)21-10-9-14-7-5-6-8-15(14)12-21;/h5-8,13H,9-12H2,1-4H3,(H,18,19);1H. The second-order valence-electron chi connectivity index (χ2n) is 6.17. The molecule has 2 rings (SSSR count). The van der Waals surface area contributed by atoms with Gasteiger partial charge in [-0.05, 0) is 31.4 Å². The van der Waals surface area contributed by atoms with Gasteiger partial charge in [0.2, 0.25) is 5.91 Å². The maximum atomic E-state index is 11.8. The molecule has 23 heavy (non-hydrogen) atoms. The van der Waals surface area contributed by atoms with Gasteiger partial charge in [-0.15, -0.1) is 24.0 Å². The quantitative estimate of drug-likeness (QED) is 0.454. The number of carbonyl (C=O) groups excluding carboxylic acids is 1. The van der Waals surface area contributed by atoms with Crippen molar-refractivity contribution in [3.63, 3.8) is 0 Å². The fourth-order valence-electron chi connectivity index (χ4n) is 2.46. The number of carbonyl (C=O) groups is 1. The van der Waals surface area contributed by atoms with Crippen molar-refractivity contribution in [3.8, 4) is 0 Å². The summed E-state index contributed by atoms with van der Waals surface area (Å²) in [6.07, 6.45) is 1.01. The normalized spacial score (nSPS) is 14.1. The molecule has 1 heterocycles. The van der Waals surface area contributed by atoms with Crippen molar-refractivity contribution in [2.75, 3.05) is 27.2 Å². The first-order valence-corrected chi connectivity index (χ1v) is 7.80. The molecule has 1 aliphatic heterocycles. The number of likely N-dealkylation sites (N-methyl/N-ethyl adjacent to an activating group) is 1. The van der Waals surface area contributed by atoms with Gasteiger partial charge in [-0.1, -0.05) is 24.3 Å². The number of hydrogen-bond donors (Lipinski definition) is 1. The highest BCUT2D eigenvalue weighted by Gasteiger charge is 2.19. The summed E-state index contributed by atoms with van der Waals surface area (Å²) in [7, 11) is 3.51. The van der Waals surface area contributed by atoms with Crippen LogP contribution in [0.5, 0.6) is 0 Å². The molecule has 0 aliphatic carbocycles. The van der Waals surface area contributed by atoms with Crippen LogP contribution < -0.4 is 5.32 Å². The Kier molecular flexibility index (Phi) is 7.81. The number of rotatable bonds is 3. The molecule has 0 aromatic heterocycles. The van der Waals surface area contributed by atoms with E-state index in [-0.39, 0.29) is 42.5 Å². The van der Waals surface area contributed by atoms with Crippen molar-refractivity contribution in [1.82, 2.24) is 15.1 Å². The number of guanidine groups is 1. The molecule has 1 aromatic rings. The molecule has 128 valence electrons. The Morgan fingerprint density at radius 1 is 1.30 bits per heavy atom. The molecule has 0 saturated carbocycles. The van der Waals surface area contributed by atoms with Crippen LogP contribution in [-0.2, 0) is 17.8 Å². The lowest BCUT2D eigenvalue weighted by Crippen LogP contribution is -2.46. The van der Waals surface area contributed by atoms with Gasteiger partial charge in [0.15, 0.2) is 5.96 Å². The van der Waals surface area contributed by atoms with Crippen molar-refractivity contribution in [2.24, 2.45) is 4.99 Å². The molecule has 0 unspecified atom stereocenters. The van der Waals surface area contributed by atoms with E-state index in [1.54, 1.807) is 19.0 Å². The second-order valence-corrected chi connectivity index (χ2v) is 6.17. The van der Waals surface area contributed by atoms with Gasteiger partial charge >= 0.3 is 0 Å². The lowest BCUT2D eigenvalue weighted by atomic mass is 10.0. The van der Waals surface area contributed by atoms with E-state index in [1.165, 1.54) is 11.1 Å². The van der Waals surface area contributed by atoms with E-state index in [0.717, 1.165) is 25.5 Å². The smallest absolute Gasteiger partial charge is 0.243 e. The summed E-state index contributed by atoms with van der Waals surface area (Å²) < 4.78 is 0. The van der Waals surface area contributed by atoms with Gasteiger partial charge in [-0.2, -0.15) is 0 Å². The summed E-state index contributed by atoms with van der Waals surface area (Å²) in [5.74, 6) is 0.833. The SMILES string of the molecule is CC(C)NC(=NCC(=O)N(C)C)N1CCc2ccccc2C1.I. The summed E-state index contributed by atoms with van der Waals surface area (Å²) in [6.45, 7) is 6.11. The molecule has 1 aromatic carbocycles. The highest BCUT2D eigenvalue weighted by Crippen LogP contribution is 2.18. The summed E-state index contributed by atoms with van der Waals surface area (Å²) in [4.78, 5) is 20.1. The van der Waals surface area contributed by atoms with E-state index >= 15 is 0 Å². The van der Waals surface area contributed by atoms with Crippen LogP contribution >= 0.6 is 24.0 Å². The van der Waals surface area contributed by atoms with Crippen LogP contribution in [-0.4, -0.2) is 54.9 Å². The monoisotopic (exact) mass is 430 g/mol.